The molecule has 6 heteroatoms. The van der Waals surface area contributed by atoms with Crippen LogP contribution in [0.15, 0.2) is 27.8 Å². The van der Waals surface area contributed by atoms with Gasteiger partial charge in [0, 0.05) is 11.6 Å². The summed E-state index contributed by atoms with van der Waals surface area (Å²) < 4.78 is 5.63. The fraction of sp³-hybridized carbons (Fsp3) is 0.471. The fourth-order valence-corrected chi connectivity index (χ4v) is 2.78. The number of carbonyl (C=O) groups excluding carboxylic acids is 1. The molecule has 0 saturated carbocycles. The first kappa shape index (κ1) is 17.5. The molecule has 23 heavy (non-hydrogen) atoms. The molecule has 0 fully saturated rings. The van der Waals surface area contributed by atoms with Gasteiger partial charge in [-0.1, -0.05) is 31.2 Å². The van der Waals surface area contributed by atoms with Gasteiger partial charge in [-0.2, -0.15) is 0 Å². The van der Waals surface area contributed by atoms with Gasteiger partial charge in [-0.25, -0.2) is 0 Å². The van der Waals surface area contributed by atoms with E-state index in [2.05, 4.69) is 29.4 Å². The summed E-state index contributed by atoms with van der Waals surface area (Å²) in [6.07, 6.45) is 2.03. The lowest BCUT2D eigenvalue weighted by Gasteiger charge is -2.11. The number of amides is 1. The summed E-state index contributed by atoms with van der Waals surface area (Å²) in [6, 6.07) is 6.21. The number of aryl methyl sites for hydroxylation is 2. The van der Waals surface area contributed by atoms with Gasteiger partial charge in [0.25, 0.3) is 5.22 Å². The Hall–Kier alpha value is -1.82. The van der Waals surface area contributed by atoms with E-state index in [4.69, 9.17) is 4.42 Å². The van der Waals surface area contributed by atoms with Crippen LogP contribution in [0.3, 0.4) is 0 Å². The van der Waals surface area contributed by atoms with Gasteiger partial charge in [-0.05, 0) is 50.5 Å². The summed E-state index contributed by atoms with van der Waals surface area (Å²) in [7, 11) is 0. The second kappa shape index (κ2) is 8.15. The lowest BCUT2D eigenvalue weighted by molar-refractivity contribution is -0.119. The molecule has 1 heterocycles. The fourth-order valence-electron chi connectivity index (χ4n) is 2.21. The van der Waals surface area contributed by atoms with Gasteiger partial charge in [0.2, 0.25) is 11.8 Å². The predicted octanol–water partition coefficient (Wildman–Crippen LogP) is 3.75. The Morgan fingerprint density at radius 2 is 2.09 bits per heavy atom. The molecule has 124 valence electrons. The maximum Gasteiger partial charge on any atom is 0.277 e. The van der Waals surface area contributed by atoms with Crippen molar-refractivity contribution in [2.45, 2.75) is 51.8 Å². The molecule has 1 aromatic carbocycles. The normalized spacial score (nSPS) is 12.2. The van der Waals surface area contributed by atoms with Crippen molar-refractivity contribution in [3.05, 3.63) is 29.3 Å². The van der Waals surface area contributed by atoms with Gasteiger partial charge in [-0.3, -0.25) is 4.79 Å². The number of hydrogen-bond donors (Lipinski definition) is 1. The molecular weight excluding hydrogens is 310 g/mol. The van der Waals surface area contributed by atoms with Crippen molar-refractivity contribution in [2.24, 2.45) is 0 Å². The number of benzene rings is 1. The number of thioether (sulfide) groups is 1. The first-order valence-corrected chi connectivity index (χ1v) is 8.81. The van der Waals surface area contributed by atoms with Crippen LogP contribution in [-0.2, 0) is 4.79 Å². The Morgan fingerprint density at radius 1 is 1.30 bits per heavy atom. The van der Waals surface area contributed by atoms with Crippen LogP contribution in [0, 0.1) is 13.8 Å². The zero-order valence-electron chi connectivity index (χ0n) is 14.0. The van der Waals surface area contributed by atoms with Gasteiger partial charge < -0.3 is 9.73 Å². The monoisotopic (exact) mass is 333 g/mol. The average molecular weight is 333 g/mol. The molecule has 1 aromatic heterocycles. The van der Waals surface area contributed by atoms with Crippen LogP contribution in [-0.4, -0.2) is 27.9 Å². The SMILES string of the molecule is CCC[C@H](C)NC(=O)CSc1nnc(-c2ccc(C)c(C)c2)o1. The highest BCUT2D eigenvalue weighted by atomic mass is 32.2. The first-order chi connectivity index (χ1) is 11.0. The minimum Gasteiger partial charge on any atom is -0.411 e. The highest BCUT2D eigenvalue weighted by Crippen LogP contribution is 2.24. The number of nitrogens with zero attached hydrogens (tertiary/aromatic N) is 2. The number of hydrogen-bond acceptors (Lipinski definition) is 5. The standard InChI is InChI=1S/C17H23N3O2S/c1-5-6-13(4)18-15(21)10-23-17-20-19-16(22-17)14-8-7-11(2)12(3)9-14/h7-9,13H,5-6,10H2,1-4H3,(H,18,21)/t13-/m0/s1. The van der Waals surface area contributed by atoms with E-state index in [0.717, 1.165) is 18.4 Å². The first-order valence-electron chi connectivity index (χ1n) is 7.83. The molecule has 5 nitrogen and oxygen atoms in total. The molecule has 0 aliphatic carbocycles. The zero-order chi connectivity index (χ0) is 16.8. The Morgan fingerprint density at radius 3 is 2.78 bits per heavy atom. The van der Waals surface area contributed by atoms with Gasteiger partial charge >= 0.3 is 0 Å². The Balaban J connectivity index is 1.92. The number of carbonyl (C=O) groups is 1. The van der Waals surface area contributed by atoms with Crippen molar-refractivity contribution in [1.82, 2.24) is 15.5 Å². The molecule has 0 unspecified atom stereocenters. The highest BCUT2D eigenvalue weighted by molar-refractivity contribution is 7.99. The van der Waals surface area contributed by atoms with E-state index >= 15 is 0 Å². The van der Waals surface area contributed by atoms with Crippen molar-refractivity contribution in [3.8, 4) is 11.5 Å². The molecule has 0 radical (unpaired) electrons. The molecule has 0 bridgehead atoms. The maximum absolute atomic E-state index is 11.8. The number of aromatic nitrogens is 2. The van der Waals surface area contributed by atoms with E-state index in [1.807, 2.05) is 32.0 Å². The molecule has 1 N–H and O–H groups in total. The highest BCUT2D eigenvalue weighted by Gasteiger charge is 2.12. The van der Waals surface area contributed by atoms with Gasteiger partial charge in [-0.15, -0.1) is 10.2 Å². The van der Waals surface area contributed by atoms with Crippen LogP contribution in [0.5, 0.6) is 0 Å². The minimum absolute atomic E-state index is 0.0121. The van der Waals surface area contributed by atoms with Crippen LogP contribution in [0.2, 0.25) is 0 Å². The predicted molar refractivity (Wildman–Crippen MR) is 92.4 cm³/mol. The summed E-state index contributed by atoms with van der Waals surface area (Å²) >= 11 is 1.26. The van der Waals surface area contributed by atoms with Crippen molar-refractivity contribution < 1.29 is 9.21 Å². The van der Waals surface area contributed by atoms with E-state index < -0.39 is 0 Å². The number of nitrogens with one attached hydrogen (secondary N) is 1. The Kier molecular flexibility index (Phi) is 6.21. The maximum atomic E-state index is 11.8. The molecule has 1 atom stereocenters. The summed E-state index contributed by atoms with van der Waals surface area (Å²) in [5.74, 6) is 0.750. The zero-order valence-corrected chi connectivity index (χ0v) is 14.9. The third kappa shape index (κ3) is 5.10. The molecule has 0 aliphatic heterocycles. The van der Waals surface area contributed by atoms with Crippen LogP contribution >= 0.6 is 11.8 Å². The molecule has 0 spiro atoms. The second-order valence-corrected chi connectivity index (χ2v) is 6.64. The summed E-state index contributed by atoms with van der Waals surface area (Å²) in [5.41, 5.74) is 3.30. The molecule has 2 aromatic rings. The van der Waals surface area contributed by atoms with Crippen LogP contribution in [0.1, 0.15) is 37.8 Å². The molecule has 0 saturated heterocycles. The molecule has 0 aliphatic rings. The summed E-state index contributed by atoms with van der Waals surface area (Å²) in [5, 5.41) is 11.4. The summed E-state index contributed by atoms with van der Waals surface area (Å²) in [6.45, 7) is 8.22. The molecule has 1 amide bonds. The quantitative estimate of drug-likeness (QED) is 0.782. The van der Waals surface area contributed by atoms with E-state index in [9.17, 15) is 4.79 Å². The Bertz CT molecular complexity index is 670. The molecule has 2 rings (SSSR count). The van der Waals surface area contributed by atoms with Crippen molar-refractivity contribution in [3.63, 3.8) is 0 Å². The van der Waals surface area contributed by atoms with Gasteiger partial charge in [0.05, 0.1) is 5.75 Å². The molecular formula is C17H23N3O2S. The van der Waals surface area contributed by atoms with Gasteiger partial charge in [0.1, 0.15) is 0 Å². The minimum atomic E-state index is -0.0121. The second-order valence-electron chi connectivity index (χ2n) is 5.72. The third-order valence-corrected chi connectivity index (χ3v) is 4.43. The van der Waals surface area contributed by atoms with Crippen LogP contribution in [0.25, 0.3) is 11.5 Å². The smallest absolute Gasteiger partial charge is 0.277 e. The van der Waals surface area contributed by atoms with E-state index in [1.165, 1.54) is 22.9 Å². The average Bonchev–Trinajstić information content (AvgIpc) is 2.97. The lowest BCUT2D eigenvalue weighted by atomic mass is 10.1. The van der Waals surface area contributed by atoms with Crippen LogP contribution < -0.4 is 5.32 Å². The van der Waals surface area contributed by atoms with Crippen molar-refractivity contribution in [2.75, 3.05) is 5.75 Å². The van der Waals surface area contributed by atoms with E-state index in [1.54, 1.807) is 0 Å². The Labute approximate surface area is 141 Å². The largest absolute Gasteiger partial charge is 0.411 e. The summed E-state index contributed by atoms with van der Waals surface area (Å²) in [4.78, 5) is 11.8. The van der Waals surface area contributed by atoms with E-state index in [0.29, 0.717) is 11.1 Å². The topological polar surface area (TPSA) is 68.0 Å². The van der Waals surface area contributed by atoms with Crippen molar-refractivity contribution in [1.29, 1.82) is 0 Å². The van der Waals surface area contributed by atoms with Crippen molar-refractivity contribution >= 4 is 17.7 Å². The van der Waals surface area contributed by atoms with E-state index in [-0.39, 0.29) is 17.7 Å². The van der Waals surface area contributed by atoms with Gasteiger partial charge in [0.15, 0.2) is 0 Å². The third-order valence-electron chi connectivity index (χ3n) is 3.62. The lowest BCUT2D eigenvalue weighted by Crippen LogP contribution is -2.33. The van der Waals surface area contributed by atoms with Crippen LogP contribution in [0.4, 0.5) is 0 Å². The number of rotatable bonds is 7.